The van der Waals surface area contributed by atoms with Crippen LogP contribution in [0.3, 0.4) is 0 Å². The average Bonchev–Trinajstić information content (AvgIpc) is 3.11. The van der Waals surface area contributed by atoms with Gasteiger partial charge in [0, 0.05) is 31.6 Å². The summed E-state index contributed by atoms with van der Waals surface area (Å²) in [5.41, 5.74) is 2.47. The van der Waals surface area contributed by atoms with Gasteiger partial charge in [0.25, 0.3) is 0 Å². The Morgan fingerprint density at radius 2 is 1.81 bits per heavy atom. The number of nitrogens with zero attached hydrogens (tertiary/aromatic N) is 4. The summed E-state index contributed by atoms with van der Waals surface area (Å²) in [5, 5.41) is 20.1. The second kappa shape index (κ2) is 6.76. The predicted molar refractivity (Wildman–Crippen MR) is 100 cm³/mol. The smallest absolute Gasteiger partial charge is 0.323 e. The van der Waals surface area contributed by atoms with Gasteiger partial charge in [-0.15, -0.1) is 0 Å². The average molecular weight is 346 g/mol. The van der Waals surface area contributed by atoms with E-state index in [1.165, 1.54) is 0 Å². The first-order chi connectivity index (χ1) is 12.8. The molecule has 0 unspecified atom stereocenters. The number of rotatable bonds is 2. The number of fused-ring (bicyclic) bond motifs is 1. The van der Waals surface area contributed by atoms with Crippen LogP contribution in [0.4, 0.5) is 16.3 Å². The van der Waals surface area contributed by atoms with E-state index in [1.807, 2.05) is 48.5 Å². The van der Waals surface area contributed by atoms with E-state index in [1.54, 1.807) is 4.90 Å². The fourth-order valence-electron chi connectivity index (χ4n) is 3.23. The van der Waals surface area contributed by atoms with E-state index in [-0.39, 0.29) is 6.03 Å². The molecule has 1 aliphatic rings. The van der Waals surface area contributed by atoms with Gasteiger partial charge in [-0.2, -0.15) is 10.4 Å². The molecule has 0 saturated carbocycles. The molecule has 1 aromatic heterocycles. The zero-order valence-electron chi connectivity index (χ0n) is 14.1. The van der Waals surface area contributed by atoms with Gasteiger partial charge in [0.1, 0.15) is 6.07 Å². The van der Waals surface area contributed by atoms with Crippen molar-refractivity contribution in [2.75, 3.05) is 36.4 Å². The zero-order chi connectivity index (χ0) is 17.9. The fraction of sp³-hybridized carbons (Fsp3) is 0.211. The summed E-state index contributed by atoms with van der Waals surface area (Å²) in [4.78, 5) is 16.5. The van der Waals surface area contributed by atoms with Gasteiger partial charge >= 0.3 is 6.03 Å². The van der Waals surface area contributed by atoms with Crippen molar-refractivity contribution in [3.63, 3.8) is 0 Å². The molecule has 2 aromatic carbocycles. The molecule has 2 amide bonds. The highest BCUT2D eigenvalue weighted by Gasteiger charge is 2.23. The van der Waals surface area contributed by atoms with Crippen molar-refractivity contribution in [3.05, 3.63) is 54.1 Å². The maximum Gasteiger partial charge on any atom is 0.323 e. The number of aromatic nitrogens is 2. The number of H-pyrrole nitrogens is 1. The first kappa shape index (κ1) is 16.0. The monoisotopic (exact) mass is 346 g/mol. The van der Waals surface area contributed by atoms with E-state index in [0.717, 1.165) is 16.6 Å². The summed E-state index contributed by atoms with van der Waals surface area (Å²) in [7, 11) is 0. The molecule has 0 atom stereocenters. The van der Waals surface area contributed by atoms with E-state index in [4.69, 9.17) is 0 Å². The molecule has 2 N–H and O–H groups in total. The molecule has 3 aromatic rings. The number of hydrogen-bond donors (Lipinski definition) is 2. The number of para-hydroxylation sites is 2. The third-order valence-electron chi connectivity index (χ3n) is 4.63. The van der Waals surface area contributed by atoms with Gasteiger partial charge < -0.3 is 9.80 Å². The minimum absolute atomic E-state index is 0.157. The van der Waals surface area contributed by atoms with E-state index < -0.39 is 0 Å². The molecule has 0 spiro atoms. The van der Waals surface area contributed by atoms with Crippen molar-refractivity contribution in [1.82, 2.24) is 15.1 Å². The van der Waals surface area contributed by atoms with Crippen LogP contribution >= 0.6 is 0 Å². The Balaban J connectivity index is 1.42. The minimum Gasteiger partial charge on any atom is -0.367 e. The Bertz CT molecular complexity index is 981. The highest BCUT2D eigenvalue weighted by molar-refractivity contribution is 5.98. The molecule has 7 nitrogen and oxygen atoms in total. The number of carbonyl (C=O) groups excluding carboxylic acids is 1. The molecule has 4 rings (SSSR count). The van der Waals surface area contributed by atoms with Crippen molar-refractivity contribution >= 4 is 28.4 Å². The number of nitriles is 1. The molecule has 1 saturated heterocycles. The van der Waals surface area contributed by atoms with Crippen LogP contribution in [0.5, 0.6) is 0 Å². The Labute approximate surface area is 150 Å². The summed E-state index contributed by atoms with van der Waals surface area (Å²) < 4.78 is 0. The highest BCUT2D eigenvalue weighted by Crippen LogP contribution is 2.22. The standard InChI is InChI=1S/C19H18N6O/c20-13-14-5-1-4-8-17(14)24-9-11-25(12-10-24)19(26)21-18-15-6-2-3-7-16(15)22-23-18/h1-8H,9-12H2,(H2,21,22,23,26). The quantitative estimate of drug-likeness (QED) is 0.747. The molecule has 130 valence electrons. The number of piperazine rings is 1. The molecule has 1 fully saturated rings. The lowest BCUT2D eigenvalue weighted by atomic mass is 10.1. The number of anilines is 2. The summed E-state index contributed by atoms with van der Waals surface area (Å²) in [6.45, 7) is 2.56. The van der Waals surface area contributed by atoms with Crippen LogP contribution in [0.1, 0.15) is 5.56 Å². The van der Waals surface area contributed by atoms with Crippen molar-refractivity contribution < 1.29 is 4.79 Å². The lowest BCUT2D eigenvalue weighted by Gasteiger charge is -2.36. The van der Waals surface area contributed by atoms with Crippen molar-refractivity contribution in [2.45, 2.75) is 0 Å². The SMILES string of the molecule is N#Cc1ccccc1N1CCN(C(=O)Nc2n[nH]c3ccccc23)CC1. The zero-order valence-corrected chi connectivity index (χ0v) is 14.1. The lowest BCUT2D eigenvalue weighted by molar-refractivity contribution is 0.208. The van der Waals surface area contributed by atoms with E-state index in [2.05, 4.69) is 26.5 Å². The van der Waals surface area contributed by atoms with E-state index >= 15 is 0 Å². The summed E-state index contributed by atoms with van der Waals surface area (Å²) >= 11 is 0. The van der Waals surface area contributed by atoms with Crippen LogP contribution in [0.15, 0.2) is 48.5 Å². The van der Waals surface area contributed by atoms with Crippen LogP contribution in [0.25, 0.3) is 10.9 Å². The summed E-state index contributed by atoms with van der Waals surface area (Å²) in [6.07, 6.45) is 0. The van der Waals surface area contributed by atoms with Crippen LogP contribution in [-0.2, 0) is 0 Å². The lowest BCUT2D eigenvalue weighted by Crippen LogP contribution is -2.50. The molecular weight excluding hydrogens is 328 g/mol. The number of urea groups is 1. The fourth-order valence-corrected chi connectivity index (χ4v) is 3.23. The Morgan fingerprint density at radius 1 is 1.08 bits per heavy atom. The first-order valence-corrected chi connectivity index (χ1v) is 8.49. The van der Waals surface area contributed by atoms with Gasteiger partial charge in [0.15, 0.2) is 5.82 Å². The molecule has 26 heavy (non-hydrogen) atoms. The van der Waals surface area contributed by atoms with Gasteiger partial charge in [-0.1, -0.05) is 24.3 Å². The Morgan fingerprint density at radius 3 is 2.62 bits per heavy atom. The molecule has 2 heterocycles. The summed E-state index contributed by atoms with van der Waals surface area (Å²) in [6, 6.07) is 17.3. The van der Waals surface area contributed by atoms with Crippen molar-refractivity contribution in [2.24, 2.45) is 0 Å². The number of aromatic amines is 1. The van der Waals surface area contributed by atoms with E-state index in [0.29, 0.717) is 37.6 Å². The Hall–Kier alpha value is -3.53. The predicted octanol–water partition coefficient (Wildman–Crippen LogP) is 2.79. The topological polar surface area (TPSA) is 88.1 Å². The number of carbonyl (C=O) groups is 1. The highest BCUT2D eigenvalue weighted by atomic mass is 16.2. The normalized spacial score (nSPS) is 14.3. The second-order valence-electron chi connectivity index (χ2n) is 6.15. The van der Waals surface area contributed by atoms with Gasteiger partial charge in [0.2, 0.25) is 0 Å². The van der Waals surface area contributed by atoms with Crippen LogP contribution in [-0.4, -0.2) is 47.3 Å². The van der Waals surface area contributed by atoms with E-state index in [9.17, 15) is 10.1 Å². The maximum atomic E-state index is 12.6. The van der Waals surface area contributed by atoms with Crippen molar-refractivity contribution in [1.29, 1.82) is 5.26 Å². The van der Waals surface area contributed by atoms with Gasteiger partial charge in [-0.05, 0) is 24.3 Å². The number of hydrogen-bond acceptors (Lipinski definition) is 4. The van der Waals surface area contributed by atoms with Gasteiger partial charge in [0.05, 0.1) is 16.8 Å². The molecule has 1 aliphatic heterocycles. The third kappa shape index (κ3) is 2.93. The molecule has 0 bridgehead atoms. The molecule has 7 heteroatoms. The Kier molecular flexibility index (Phi) is 4.15. The van der Waals surface area contributed by atoms with Crippen LogP contribution in [0, 0.1) is 11.3 Å². The molecule has 0 radical (unpaired) electrons. The first-order valence-electron chi connectivity index (χ1n) is 8.49. The number of benzene rings is 2. The minimum atomic E-state index is -0.157. The van der Waals surface area contributed by atoms with Crippen LogP contribution < -0.4 is 10.2 Å². The number of amides is 2. The maximum absolute atomic E-state index is 12.6. The van der Waals surface area contributed by atoms with Gasteiger partial charge in [-0.3, -0.25) is 10.4 Å². The number of nitrogens with one attached hydrogen (secondary N) is 2. The second-order valence-corrected chi connectivity index (χ2v) is 6.15. The van der Waals surface area contributed by atoms with Crippen LogP contribution in [0.2, 0.25) is 0 Å². The third-order valence-corrected chi connectivity index (χ3v) is 4.63. The van der Waals surface area contributed by atoms with Gasteiger partial charge in [-0.25, -0.2) is 4.79 Å². The molecular formula is C19H18N6O. The largest absolute Gasteiger partial charge is 0.367 e. The molecule has 0 aliphatic carbocycles. The van der Waals surface area contributed by atoms with Crippen molar-refractivity contribution in [3.8, 4) is 6.07 Å². The summed E-state index contributed by atoms with van der Waals surface area (Å²) in [5.74, 6) is 0.544.